The zero-order valence-electron chi connectivity index (χ0n) is 6.76. The summed E-state index contributed by atoms with van der Waals surface area (Å²) in [5, 5.41) is 17.5. The van der Waals surface area contributed by atoms with Crippen LogP contribution in [0.3, 0.4) is 0 Å². The van der Waals surface area contributed by atoms with Crippen LogP contribution in [0.5, 0.6) is 0 Å². The second kappa shape index (κ2) is 4.39. The summed E-state index contributed by atoms with van der Waals surface area (Å²) in [5.74, 6) is -0.600. The molecule has 1 fully saturated rings. The third kappa shape index (κ3) is 2.03. The molecule has 1 heterocycles. The molecule has 0 spiro atoms. The number of carbonyl (C=O) groups is 2. The van der Waals surface area contributed by atoms with Gasteiger partial charge in [0.05, 0.1) is 0 Å². The average molecular weight is 198 g/mol. The molecule has 13 heavy (non-hydrogen) atoms. The molecule has 0 aromatic carbocycles. The van der Waals surface area contributed by atoms with Crippen molar-refractivity contribution in [3.05, 3.63) is 0 Å². The van der Waals surface area contributed by atoms with Gasteiger partial charge < -0.3 is 15.1 Å². The van der Waals surface area contributed by atoms with Crippen LogP contribution >= 0.6 is 0 Å². The van der Waals surface area contributed by atoms with Gasteiger partial charge in [-0.15, -0.1) is 0 Å². The summed E-state index contributed by atoms with van der Waals surface area (Å²) in [5.41, 5.74) is 0. The van der Waals surface area contributed by atoms with Crippen LogP contribution in [-0.2, 0) is 4.79 Å². The molecule has 3 amide bonds. The first-order valence-electron chi connectivity index (χ1n) is 3.37. The zero-order chi connectivity index (χ0) is 9.46. The number of hydrogen-bond acceptors (Lipinski definition) is 4. The van der Waals surface area contributed by atoms with E-state index in [4.69, 9.17) is 10.2 Å². The molecule has 1 unspecified atom stereocenters. The summed E-state index contributed by atoms with van der Waals surface area (Å²) in [6, 6.07) is -1.69. The Morgan fingerprint density at radius 3 is 1.92 bits per heavy atom. The van der Waals surface area contributed by atoms with Gasteiger partial charge in [-0.1, -0.05) is 0 Å². The first-order valence-corrected chi connectivity index (χ1v) is 3.37. The maximum atomic E-state index is 11.1. The van der Waals surface area contributed by atoms with Crippen LogP contribution in [0.2, 0.25) is 0 Å². The molecular weight excluding hydrogens is 187 g/mol. The van der Waals surface area contributed by atoms with Crippen LogP contribution < -0.4 is 0 Å². The van der Waals surface area contributed by atoms with E-state index in [1.807, 2.05) is 0 Å². The summed E-state index contributed by atoms with van der Waals surface area (Å²) < 4.78 is 0. The summed E-state index contributed by atoms with van der Waals surface area (Å²) in [7, 11) is 2.64. The van der Waals surface area contributed by atoms with E-state index in [1.54, 1.807) is 0 Å². The standard InChI is InChI=1S/C6H10N2O4.Na.H/c1-7-3(5(10)11)4(9)8(2)6(7)12;;/h3,5,10-11H,1-2H3;;. The van der Waals surface area contributed by atoms with E-state index >= 15 is 0 Å². The Hall–Kier alpha value is -0.140. The van der Waals surface area contributed by atoms with Crippen molar-refractivity contribution in [3.8, 4) is 0 Å². The van der Waals surface area contributed by atoms with Crippen molar-refractivity contribution in [1.29, 1.82) is 0 Å². The summed E-state index contributed by atoms with van der Waals surface area (Å²) in [6.45, 7) is 0. The first kappa shape index (κ1) is 12.9. The monoisotopic (exact) mass is 198 g/mol. The van der Waals surface area contributed by atoms with Gasteiger partial charge in [-0.2, -0.15) is 0 Å². The quantitative estimate of drug-likeness (QED) is 0.278. The van der Waals surface area contributed by atoms with E-state index < -0.39 is 24.3 Å². The van der Waals surface area contributed by atoms with E-state index in [1.165, 1.54) is 14.1 Å². The average Bonchev–Trinajstić information content (AvgIpc) is 2.16. The Kier molecular flexibility index (Phi) is 4.34. The Bertz CT molecular complexity index is 233. The fourth-order valence-electron chi connectivity index (χ4n) is 1.14. The first-order chi connectivity index (χ1) is 5.46. The third-order valence-corrected chi connectivity index (χ3v) is 1.87. The number of aliphatic hydroxyl groups is 2. The number of nitrogens with zero attached hydrogens (tertiary/aromatic N) is 2. The van der Waals surface area contributed by atoms with Gasteiger partial charge in [0.15, 0.2) is 12.3 Å². The number of imide groups is 1. The van der Waals surface area contributed by atoms with Gasteiger partial charge in [0, 0.05) is 14.1 Å². The van der Waals surface area contributed by atoms with Gasteiger partial charge in [0.1, 0.15) is 0 Å². The van der Waals surface area contributed by atoms with E-state index in [-0.39, 0.29) is 29.6 Å². The van der Waals surface area contributed by atoms with Crippen LogP contribution in [0.4, 0.5) is 4.79 Å². The number of rotatable bonds is 1. The van der Waals surface area contributed by atoms with Crippen LogP contribution in [0.25, 0.3) is 0 Å². The molecule has 70 valence electrons. The van der Waals surface area contributed by atoms with E-state index in [0.29, 0.717) is 0 Å². The van der Waals surface area contributed by atoms with Crippen molar-refractivity contribution in [2.24, 2.45) is 0 Å². The molecule has 1 atom stereocenters. The van der Waals surface area contributed by atoms with Crippen LogP contribution in [-0.4, -0.2) is 87.9 Å². The number of amides is 3. The molecule has 0 bridgehead atoms. The number of hydrogen-bond donors (Lipinski definition) is 2. The molecule has 2 N–H and O–H groups in total. The van der Waals surface area contributed by atoms with E-state index in [9.17, 15) is 9.59 Å². The fourth-order valence-corrected chi connectivity index (χ4v) is 1.14. The number of carbonyl (C=O) groups excluding carboxylic acids is 2. The van der Waals surface area contributed by atoms with Gasteiger partial charge in [-0.05, 0) is 0 Å². The Morgan fingerprint density at radius 2 is 1.77 bits per heavy atom. The molecule has 1 aliphatic rings. The molecule has 0 saturated carbocycles. The minimum absolute atomic E-state index is 0. The van der Waals surface area contributed by atoms with Crippen molar-refractivity contribution in [2.45, 2.75) is 12.3 Å². The van der Waals surface area contributed by atoms with Crippen molar-refractivity contribution in [3.63, 3.8) is 0 Å². The van der Waals surface area contributed by atoms with Crippen molar-refractivity contribution in [1.82, 2.24) is 9.80 Å². The molecule has 7 heteroatoms. The van der Waals surface area contributed by atoms with E-state index in [2.05, 4.69) is 0 Å². The molecule has 0 aliphatic carbocycles. The van der Waals surface area contributed by atoms with Gasteiger partial charge >= 0.3 is 35.6 Å². The number of urea groups is 1. The molecule has 1 saturated heterocycles. The van der Waals surface area contributed by atoms with Crippen LogP contribution in [0.15, 0.2) is 0 Å². The summed E-state index contributed by atoms with van der Waals surface area (Å²) in [4.78, 5) is 24.0. The Morgan fingerprint density at radius 1 is 1.31 bits per heavy atom. The van der Waals surface area contributed by atoms with Crippen molar-refractivity contribution < 1.29 is 19.8 Å². The summed E-state index contributed by atoms with van der Waals surface area (Å²) in [6.07, 6.45) is -1.82. The Labute approximate surface area is 97.4 Å². The third-order valence-electron chi connectivity index (χ3n) is 1.87. The predicted octanol–water partition coefficient (Wildman–Crippen LogP) is -2.46. The van der Waals surface area contributed by atoms with Crippen LogP contribution in [0, 0.1) is 0 Å². The van der Waals surface area contributed by atoms with Gasteiger partial charge in [0.2, 0.25) is 0 Å². The molecule has 0 radical (unpaired) electrons. The van der Waals surface area contributed by atoms with Crippen molar-refractivity contribution >= 4 is 41.5 Å². The topological polar surface area (TPSA) is 81.1 Å². The molecule has 1 aliphatic heterocycles. The van der Waals surface area contributed by atoms with Gasteiger partial charge in [-0.3, -0.25) is 9.69 Å². The zero-order valence-corrected chi connectivity index (χ0v) is 6.76. The molecule has 6 nitrogen and oxygen atoms in total. The number of aliphatic hydroxyl groups excluding tert-OH is 1. The molecular formula is C6H11N2NaO4. The second-order valence-corrected chi connectivity index (χ2v) is 2.65. The summed E-state index contributed by atoms with van der Waals surface area (Å²) >= 11 is 0. The number of likely N-dealkylation sites (N-methyl/N-ethyl adjacent to an activating group) is 2. The normalized spacial score (nSPS) is 22.7. The molecule has 1 rings (SSSR count). The fraction of sp³-hybridized carbons (Fsp3) is 0.667. The predicted molar refractivity (Wildman–Crippen MR) is 45.1 cm³/mol. The molecule has 0 aromatic rings. The Balaban J connectivity index is 0.00000144. The minimum atomic E-state index is -1.82. The molecule has 0 aromatic heterocycles. The second-order valence-electron chi connectivity index (χ2n) is 2.65. The van der Waals surface area contributed by atoms with Crippen molar-refractivity contribution in [2.75, 3.05) is 14.1 Å². The van der Waals surface area contributed by atoms with Gasteiger partial charge in [-0.25, -0.2) is 4.79 Å². The maximum absolute atomic E-state index is 11.1. The van der Waals surface area contributed by atoms with Crippen LogP contribution in [0.1, 0.15) is 0 Å². The van der Waals surface area contributed by atoms with E-state index in [0.717, 1.165) is 9.80 Å². The van der Waals surface area contributed by atoms with Gasteiger partial charge in [0.25, 0.3) is 5.91 Å². The SMILES string of the molecule is CN1C(=O)C(C(O)O)N(C)C1=O.[NaH].